The highest BCUT2D eigenvalue weighted by Gasteiger charge is 2.34. The number of hydrogen-bond donors (Lipinski definition) is 0. The largest absolute Gasteiger partial charge is 0.497 e. The second-order valence-electron chi connectivity index (χ2n) is 8.41. The third-order valence-corrected chi connectivity index (χ3v) is 6.64. The minimum Gasteiger partial charge on any atom is -0.497 e. The zero-order valence-corrected chi connectivity index (χ0v) is 18.0. The molecule has 0 radical (unpaired) electrons. The number of rotatable bonds is 5. The molecule has 4 aromatic rings. The van der Waals surface area contributed by atoms with Gasteiger partial charge in [0.15, 0.2) is 11.5 Å². The smallest absolute Gasteiger partial charge is 0.185 e. The molecule has 1 atom stereocenters. The third kappa shape index (κ3) is 3.19. The highest BCUT2D eigenvalue weighted by molar-refractivity contribution is 5.84. The minimum absolute atomic E-state index is 0.172. The Morgan fingerprint density at radius 3 is 2.66 bits per heavy atom. The molecule has 1 aromatic carbocycles. The Labute approximate surface area is 184 Å². The van der Waals surface area contributed by atoms with Gasteiger partial charge in [-0.3, -0.25) is 4.90 Å². The van der Waals surface area contributed by atoms with Gasteiger partial charge in [0.1, 0.15) is 11.8 Å². The van der Waals surface area contributed by atoms with Gasteiger partial charge in [0, 0.05) is 30.1 Å². The zero-order chi connectivity index (χ0) is 21.5. The molecule has 3 aromatic heterocycles. The van der Waals surface area contributed by atoms with Crippen molar-refractivity contribution >= 4 is 16.6 Å². The van der Waals surface area contributed by atoms with E-state index in [0.29, 0.717) is 24.9 Å². The second kappa shape index (κ2) is 8.06. The molecule has 1 saturated heterocycles. The van der Waals surface area contributed by atoms with E-state index in [1.807, 2.05) is 22.9 Å². The first-order valence-corrected chi connectivity index (χ1v) is 11.1. The minimum atomic E-state index is -0.172. The SMILES string of the molecule is COc1ccc2cc([C@@H](c3nnnn3C3CCCC3)N3CCOCC3)c3nnnn3c2c1. The summed E-state index contributed by atoms with van der Waals surface area (Å²) < 4.78 is 14.9. The molecular weight excluding hydrogens is 410 g/mol. The summed E-state index contributed by atoms with van der Waals surface area (Å²) in [5.74, 6) is 1.61. The number of hydrogen-bond acceptors (Lipinski definition) is 9. The van der Waals surface area contributed by atoms with Crippen molar-refractivity contribution in [2.45, 2.75) is 37.8 Å². The van der Waals surface area contributed by atoms with Crippen molar-refractivity contribution < 1.29 is 9.47 Å². The first-order chi connectivity index (χ1) is 15.8. The fourth-order valence-corrected chi connectivity index (χ4v) is 5.04. The Kier molecular flexibility index (Phi) is 4.91. The topological polar surface area (TPSA) is 108 Å². The van der Waals surface area contributed by atoms with E-state index in [4.69, 9.17) is 9.47 Å². The molecule has 0 unspecified atom stereocenters. The second-order valence-corrected chi connectivity index (χ2v) is 8.41. The molecule has 0 N–H and O–H groups in total. The first-order valence-electron chi connectivity index (χ1n) is 11.1. The summed E-state index contributed by atoms with van der Waals surface area (Å²) in [6.07, 6.45) is 4.63. The van der Waals surface area contributed by atoms with Crippen LogP contribution in [0.15, 0.2) is 24.3 Å². The van der Waals surface area contributed by atoms with Crippen molar-refractivity contribution in [2.24, 2.45) is 0 Å². The molecule has 4 heterocycles. The van der Waals surface area contributed by atoms with Crippen molar-refractivity contribution in [3.05, 3.63) is 35.7 Å². The maximum atomic E-state index is 5.64. The summed E-state index contributed by atoms with van der Waals surface area (Å²) in [5.41, 5.74) is 2.58. The lowest BCUT2D eigenvalue weighted by molar-refractivity contribution is 0.0215. The van der Waals surface area contributed by atoms with E-state index in [2.05, 4.69) is 42.0 Å². The standard InChI is InChI=1S/C21H25N9O2/c1-31-16-7-6-14-12-17(20-22-24-27-30(20)18(14)13-16)19(28-8-10-32-11-9-28)21-23-25-26-29(21)15-4-2-3-5-15/h6-7,12-13,15,19H,2-5,8-11H2,1H3/t19-/m0/s1. The van der Waals surface area contributed by atoms with Gasteiger partial charge in [-0.15, -0.1) is 10.2 Å². The van der Waals surface area contributed by atoms with Gasteiger partial charge in [0.25, 0.3) is 0 Å². The van der Waals surface area contributed by atoms with Gasteiger partial charge in [-0.25, -0.2) is 4.68 Å². The molecule has 11 heteroatoms. The number of aromatic nitrogens is 8. The number of benzene rings is 1. The molecule has 1 aliphatic heterocycles. The summed E-state index contributed by atoms with van der Waals surface area (Å²) in [6, 6.07) is 8.27. The molecule has 2 fully saturated rings. The summed E-state index contributed by atoms with van der Waals surface area (Å²) >= 11 is 0. The van der Waals surface area contributed by atoms with E-state index >= 15 is 0 Å². The number of methoxy groups -OCH3 is 1. The lowest BCUT2D eigenvalue weighted by atomic mass is 10.0. The highest BCUT2D eigenvalue weighted by atomic mass is 16.5. The van der Waals surface area contributed by atoms with Crippen molar-refractivity contribution in [1.29, 1.82) is 0 Å². The number of tetrazole rings is 2. The predicted molar refractivity (Wildman–Crippen MR) is 114 cm³/mol. The molecule has 1 saturated carbocycles. The summed E-state index contributed by atoms with van der Waals surface area (Å²) in [7, 11) is 1.66. The maximum absolute atomic E-state index is 5.64. The van der Waals surface area contributed by atoms with Gasteiger partial charge in [0.05, 0.1) is 31.9 Å². The van der Waals surface area contributed by atoms with Crippen molar-refractivity contribution in [2.75, 3.05) is 33.4 Å². The molecule has 6 rings (SSSR count). The number of ether oxygens (including phenoxy) is 2. The van der Waals surface area contributed by atoms with Gasteiger partial charge >= 0.3 is 0 Å². The summed E-state index contributed by atoms with van der Waals surface area (Å²) in [6.45, 7) is 2.92. The Hall–Kier alpha value is -3.18. The average Bonchev–Trinajstić information content (AvgIpc) is 3.61. The maximum Gasteiger partial charge on any atom is 0.185 e. The molecule has 32 heavy (non-hydrogen) atoms. The van der Waals surface area contributed by atoms with Crippen LogP contribution in [0.5, 0.6) is 5.75 Å². The number of nitrogens with zero attached hydrogens (tertiary/aromatic N) is 9. The van der Waals surface area contributed by atoms with E-state index in [1.54, 1.807) is 11.6 Å². The first kappa shape index (κ1) is 19.5. The molecule has 166 valence electrons. The van der Waals surface area contributed by atoms with Crippen molar-refractivity contribution in [3.8, 4) is 5.75 Å². The van der Waals surface area contributed by atoms with Crippen molar-refractivity contribution in [3.63, 3.8) is 0 Å². The highest BCUT2D eigenvalue weighted by Crippen LogP contribution is 2.36. The van der Waals surface area contributed by atoms with E-state index < -0.39 is 0 Å². The molecule has 0 spiro atoms. The molecule has 1 aliphatic carbocycles. The van der Waals surface area contributed by atoms with E-state index in [1.165, 1.54) is 12.8 Å². The third-order valence-electron chi connectivity index (χ3n) is 6.64. The molecule has 11 nitrogen and oxygen atoms in total. The fraction of sp³-hybridized carbons (Fsp3) is 0.524. The molecule has 0 bridgehead atoms. The molecular formula is C21H25N9O2. The monoisotopic (exact) mass is 435 g/mol. The Bertz CT molecular complexity index is 1240. The van der Waals surface area contributed by atoms with Crippen LogP contribution in [0.3, 0.4) is 0 Å². The summed E-state index contributed by atoms with van der Waals surface area (Å²) in [5, 5.41) is 26.8. The van der Waals surface area contributed by atoms with Crippen LogP contribution in [-0.2, 0) is 4.74 Å². The Morgan fingerprint density at radius 1 is 1.03 bits per heavy atom. The van der Waals surface area contributed by atoms with Gasteiger partial charge in [0.2, 0.25) is 0 Å². The van der Waals surface area contributed by atoms with Crippen LogP contribution in [0.4, 0.5) is 0 Å². The zero-order valence-electron chi connectivity index (χ0n) is 18.0. The fourth-order valence-electron chi connectivity index (χ4n) is 5.04. The number of morpholine rings is 1. The lowest BCUT2D eigenvalue weighted by Crippen LogP contribution is -2.41. The van der Waals surface area contributed by atoms with Gasteiger partial charge in [-0.2, -0.15) is 4.52 Å². The Balaban J connectivity index is 1.56. The Morgan fingerprint density at radius 2 is 1.84 bits per heavy atom. The summed E-state index contributed by atoms with van der Waals surface area (Å²) in [4.78, 5) is 2.38. The van der Waals surface area contributed by atoms with Gasteiger partial charge in [-0.05, 0) is 51.9 Å². The van der Waals surface area contributed by atoms with Crippen molar-refractivity contribution in [1.82, 2.24) is 45.1 Å². The van der Waals surface area contributed by atoms with Crippen LogP contribution in [0.2, 0.25) is 0 Å². The molecule has 0 amide bonds. The van der Waals surface area contributed by atoms with Crippen LogP contribution < -0.4 is 4.74 Å². The van der Waals surface area contributed by atoms with Gasteiger partial charge in [-0.1, -0.05) is 12.8 Å². The van der Waals surface area contributed by atoms with Crippen LogP contribution in [0.25, 0.3) is 16.6 Å². The van der Waals surface area contributed by atoms with E-state index in [9.17, 15) is 0 Å². The van der Waals surface area contributed by atoms with E-state index in [-0.39, 0.29) is 6.04 Å². The predicted octanol–water partition coefficient (Wildman–Crippen LogP) is 1.81. The average molecular weight is 435 g/mol. The van der Waals surface area contributed by atoms with Crippen LogP contribution in [-0.4, -0.2) is 78.6 Å². The quantitative estimate of drug-likeness (QED) is 0.464. The lowest BCUT2D eigenvalue weighted by Gasteiger charge is -2.34. The normalized spacial score (nSPS) is 19.2. The van der Waals surface area contributed by atoms with Crippen LogP contribution in [0, 0.1) is 0 Å². The van der Waals surface area contributed by atoms with Crippen LogP contribution >= 0.6 is 0 Å². The molecule has 2 aliphatic rings. The number of fused-ring (bicyclic) bond motifs is 3. The van der Waals surface area contributed by atoms with Gasteiger partial charge < -0.3 is 9.47 Å². The van der Waals surface area contributed by atoms with Crippen LogP contribution in [0.1, 0.15) is 49.2 Å². The number of pyridine rings is 1. The van der Waals surface area contributed by atoms with E-state index in [0.717, 1.165) is 54.0 Å².